The maximum atomic E-state index is 5.65. The van der Waals surface area contributed by atoms with Gasteiger partial charge in [-0.3, -0.25) is 0 Å². The highest BCUT2D eigenvalue weighted by Crippen LogP contribution is 2.17. The van der Waals surface area contributed by atoms with Gasteiger partial charge in [0, 0.05) is 6.42 Å². The smallest absolute Gasteiger partial charge is 0.222 e. The number of nitrogen functional groups attached to an aromatic ring is 1. The molecule has 0 aliphatic rings. The number of aromatic nitrogens is 4. The van der Waals surface area contributed by atoms with Gasteiger partial charge in [-0.05, 0) is 22.4 Å². The Bertz CT molecular complexity index is 613. The molecule has 0 aliphatic carbocycles. The van der Waals surface area contributed by atoms with Crippen molar-refractivity contribution < 1.29 is 0 Å². The van der Waals surface area contributed by atoms with Crippen molar-refractivity contribution in [3.05, 3.63) is 34.4 Å². The number of thiophene rings is 1. The molecule has 16 heavy (non-hydrogen) atoms. The average Bonchev–Trinajstić information content (AvgIpc) is 2.87. The minimum absolute atomic E-state index is 0.280. The highest BCUT2D eigenvalue weighted by molar-refractivity contribution is 7.07. The van der Waals surface area contributed by atoms with E-state index in [-0.39, 0.29) is 5.95 Å². The predicted octanol–water partition coefficient (Wildman–Crippen LogP) is 1.59. The van der Waals surface area contributed by atoms with Gasteiger partial charge in [-0.15, -0.1) is 0 Å². The van der Waals surface area contributed by atoms with Crippen molar-refractivity contribution in [3.8, 4) is 0 Å². The number of aromatic amines is 1. The molecule has 0 aliphatic heterocycles. The summed E-state index contributed by atoms with van der Waals surface area (Å²) in [4.78, 5) is 15.5. The summed E-state index contributed by atoms with van der Waals surface area (Å²) in [6, 6.07) is 2.07. The second-order valence-electron chi connectivity index (χ2n) is 3.44. The molecule has 0 saturated carbocycles. The van der Waals surface area contributed by atoms with Crippen molar-refractivity contribution in [3.63, 3.8) is 0 Å². The first-order valence-corrected chi connectivity index (χ1v) is 5.74. The molecule has 0 unspecified atom stereocenters. The van der Waals surface area contributed by atoms with E-state index in [4.69, 9.17) is 5.73 Å². The lowest BCUT2D eigenvalue weighted by molar-refractivity contribution is 1.07. The number of nitrogens with one attached hydrogen (secondary N) is 1. The lowest BCUT2D eigenvalue weighted by Gasteiger charge is -2.00. The monoisotopic (exact) mass is 231 g/mol. The summed E-state index contributed by atoms with van der Waals surface area (Å²) in [5.74, 6) is 0.280. The Morgan fingerprint density at radius 2 is 2.31 bits per heavy atom. The zero-order valence-corrected chi connectivity index (χ0v) is 9.16. The zero-order valence-electron chi connectivity index (χ0n) is 8.34. The molecule has 0 spiro atoms. The van der Waals surface area contributed by atoms with E-state index in [1.807, 2.05) is 5.38 Å². The van der Waals surface area contributed by atoms with Gasteiger partial charge >= 0.3 is 0 Å². The third-order valence-electron chi connectivity index (χ3n) is 2.32. The van der Waals surface area contributed by atoms with Gasteiger partial charge in [0.1, 0.15) is 5.52 Å². The molecule has 0 amide bonds. The highest BCUT2D eigenvalue weighted by atomic mass is 32.1. The fraction of sp³-hybridized carbons (Fsp3) is 0.100. The van der Waals surface area contributed by atoms with Crippen molar-refractivity contribution in [1.82, 2.24) is 19.9 Å². The average molecular weight is 231 g/mol. The Hall–Kier alpha value is -1.95. The van der Waals surface area contributed by atoms with Crippen molar-refractivity contribution in [2.75, 3.05) is 5.73 Å². The third-order valence-corrected chi connectivity index (χ3v) is 3.05. The van der Waals surface area contributed by atoms with Crippen LogP contribution in [0, 0.1) is 0 Å². The van der Waals surface area contributed by atoms with Crippen molar-refractivity contribution in [2.45, 2.75) is 6.42 Å². The topological polar surface area (TPSA) is 80.5 Å². The zero-order chi connectivity index (χ0) is 11.0. The van der Waals surface area contributed by atoms with Crippen molar-refractivity contribution in [1.29, 1.82) is 0 Å². The Labute approximate surface area is 95.4 Å². The van der Waals surface area contributed by atoms with E-state index < -0.39 is 0 Å². The van der Waals surface area contributed by atoms with Crippen LogP contribution in [-0.4, -0.2) is 19.9 Å². The molecule has 3 rings (SSSR count). The van der Waals surface area contributed by atoms with Gasteiger partial charge in [-0.1, -0.05) is 0 Å². The van der Waals surface area contributed by atoms with Crippen LogP contribution in [0.15, 0.2) is 23.2 Å². The fourth-order valence-electron chi connectivity index (χ4n) is 1.62. The van der Waals surface area contributed by atoms with E-state index in [2.05, 4.69) is 31.4 Å². The van der Waals surface area contributed by atoms with Crippen molar-refractivity contribution in [2.24, 2.45) is 0 Å². The molecule has 3 aromatic rings. The molecule has 0 bridgehead atoms. The molecule has 0 radical (unpaired) electrons. The SMILES string of the molecule is Nc1nc(Cc2ccsc2)c2nc[nH]c2n1. The molecule has 3 heterocycles. The van der Waals surface area contributed by atoms with Gasteiger partial charge in [0.05, 0.1) is 12.0 Å². The van der Waals surface area contributed by atoms with Gasteiger partial charge < -0.3 is 10.7 Å². The van der Waals surface area contributed by atoms with Crippen LogP contribution in [0.5, 0.6) is 0 Å². The van der Waals surface area contributed by atoms with E-state index in [0.717, 1.165) is 17.6 Å². The van der Waals surface area contributed by atoms with Crippen LogP contribution >= 0.6 is 11.3 Å². The molecular formula is C10H9N5S. The van der Waals surface area contributed by atoms with Crippen LogP contribution < -0.4 is 5.73 Å². The summed E-state index contributed by atoms with van der Waals surface area (Å²) in [5, 5.41) is 4.14. The van der Waals surface area contributed by atoms with Gasteiger partial charge in [0.2, 0.25) is 5.95 Å². The minimum atomic E-state index is 0.280. The number of fused-ring (bicyclic) bond motifs is 1. The second kappa shape index (κ2) is 3.57. The summed E-state index contributed by atoms with van der Waals surface area (Å²) in [7, 11) is 0. The highest BCUT2D eigenvalue weighted by Gasteiger charge is 2.09. The summed E-state index contributed by atoms with van der Waals surface area (Å²) in [6.45, 7) is 0. The number of nitrogens with two attached hydrogens (primary N) is 1. The molecule has 0 atom stereocenters. The Morgan fingerprint density at radius 1 is 1.38 bits per heavy atom. The lowest BCUT2D eigenvalue weighted by atomic mass is 10.2. The summed E-state index contributed by atoms with van der Waals surface area (Å²) < 4.78 is 0. The molecule has 80 valence electrons. The predicted molar refractivity (Wildman–Crippen MR) is 63.2 cm³/mol. The number of imidazole rings is 1. The van der Waals surface area contributed by atoms with E-state index in [9.17, 15) is 0 Å². The third kappa shape index (κ3) is 1.53. The maximum Gasteiger partial charge on any atom is 0.222 e. The number of rotatable bonds is 2. The van der Waals surface area contributed by atoms with E-state index in [0.29, 0.717) is 5.65 Å². The molecule has 0 aromatic carbocycles. The van der Waals surface area contributed by atoms with Crippen LogP contribution in [0.4, 0.5) is 5.95 Å². The molecule has 3 aromatic heterocycles. The molecule has 0 fully saturated rings. The first-order valence-electron chi connectivity index (χ1n) is 4.79. The largest absolute Gasteiger partial charge is 0.368 e. The van der Waals surface area contributed by atoms with Crippen LogP contribution in [-0.2, 0) is 6.42 Å². The second-order valence-corrected chi connectivity index (χ2v) is 4.22. The Kier molecular flexibility index (Phi) is 2.07. The number of hydrogen-bond donors (Lipinski definition) is 2. The normalized spacial score (nSPS) is 11.0. The summed E-state index contributed by atoms with van der Waals surface area (Å²) in [5.41, 5.74) is 9.21. The van der Waals surface area contributed by atoms with Crippen LogP contribution in [0.2, 0.25) is 0 Å². The maximum absolute atomic E-state index is 5.65. The van der Waals surface area contributed by atoms with E-state index in [1.165, 1.54) is 5.56 Å². The number of hydrogen-bond acceptors (Lipinski definition) is 5. The van der Waals surface area contributed by atoms with Gasteiger partial charge in [0.25, 0.3) is 0 Å². The lowest BCUT2D eigenvalue weighted by Crippen LogP contribution is -2.01. The number of nitrogens with zero attached hydrogens (tertiary/aromatic N) is 3. The van der Waals surface area contributed by atoms with Gasteiger partial charge in [-0.25, -0.2) is 9.97 Å². The van der Waals surface area contributed by atoms with Crippen LogP contribution in [0.3, 0.4) is 0 Å². The first kappa shape index (κ1) is 9.29. The fourth-order valence-corrected chi connectivity index (χ4v) is 2.29. The first-order chi connectivity index (χ1) is 7.83. The van der Waals surface area contributed by atoms with Crippen LogP contribution in [0.25, 0.3) is 11.2 Å². The molecule has 6 heteroatoms. The molecule has 0 saturated heterocycles. The van der Waals surface area contributed by atoms with Gasteiger partial charge in [0.15, 0.2) is 5.65 Å². The molecular weight excluding hydrogens is 222 g/mol. The standard InChI is InChI=1S/C10H9N5S/c11-10-14-7(3-6-1-2-16-4-6)8-9(15-10)13-5-12-8/h1-2,4-5H,3H2,(H3,11,12,13,14,15). The molecule has 3 N–H and O–H groups in total. The number of anilines is 1. The quantitative estimate of drug-likeness (QED) is 0.701. The Balaban J connectivity index is 2.11. The summed E-state index contributed by atoms with van der Waals surface area (Å²) in [6.07, 6.45) is 2.34. The van der Waals surface area contributed by atoms with Gasteiger partial charge in [-0.2, -0.15) is 16.3 Å². The van der Waals surface area contributed by atoms with E-state index >= 15 is 0 Å². The van der Waals surface area contributed by atoms with Crippen LogP contribution in [0.1, 0.15) is 11.3 Å². The number of H-pyrrole nitrogens is 1. The van der Waals surface area contributed by atoms with E-state index in [1.54, 1.807) is 17.7 Å². The summed E-state index contributed by atoms with van der Waals surface area (Å²) >= 11 is 1.67. The minimum Gasteiger partial charge on any atom is -0.368 e. The Morgan fingerprint density at radius 3 is 3.12 bits per heavy atom. The molecule has 5 nitrogen and oxygen atoms in total. The van der Waals surface area contributed by atoms with Crippen molar-refractivity contribution >= 4 is 28.4 Å².